The number of aryl methyl sites for hydroxylation is 1. The molecule has 0 fully saturated rings. The van der Waals surface area contributed by atoms with Gasteiger partial charge in [0.05, 0.1) is 5.69 Å². The van der Waals surface area contributed by atoms with Crippen molar-refractivity contribution in [2.24, 2.45) is 0 Å². The minimum Gasteiger partial charge on any atom is -0.453 e. The molecule has 0 aliphatic carbocycles. The first-order valence-electron chi connectivity index (χ1n) is 7.16. The zero-order valence-corrected chi connectivity index (χ0v) is 11.9. The van der Waals surface area contributed by atoms with Gasteiger partial charge in [-0.05, 0) is 48.9 Å². The molecule has 4 nitrogen and oxygen atoms in total. The number of anilines is 3. The van der Waals surface area contributed by atoms with Gasteiger partial charge in [-0.1, -0.05) is 12.1 Å². The van der Waals surface area contributed by atoms with E-state index in [1.165, 1.54) is 5.56 Å². The summed E-state index contributed by atoms with van der Waals surface area (Å²) in [6.07, 6.45) is 1.78. The minimum absolute atomic E-state index is 0.751. The Bertz CT molecular complexity index is 906. The standard InChI is InChI=1S/C18H12N2O2/c1-11-7-8-13-12(10-11)20-17-14(21-13)4-2-5-15(17)22-16-6-3-9-19-18(16)20/h2-10H,1H3. The first kappa shape index (κ1) is 11.6. The van der Waals surface area contributed by atoms with Crippen molar-refractivity contribution in [1.82, 2.24) is 4.98 Å². The fourth-order valence-electron chi connectivity index (χ4n) is 2.98. The smallest absolute Gasteiger partial charge is 0.181 e. The molecule has 0 saturated heterocycles. The van der Waals surface area contributed by atoms with Gasteiger partial charge in [0.25, 0.3) is 0 Å². The summed E-state index contributed by atoms with van der Waals surface area (Å²) in [5, 5.41) is 0. The van der Waals surface area contributed by atoms with Gasteiger partial charge in [0.1, 0.15) is 5.69 Å². The van der Waals surface area contributed by atoms with Gasteiger partial charge in [-0.3, -0.25) is 4.90 Å². The van der Waals surface area contributed by atoms with Gasteiger partial charge in [-0.25, -0.2) is 4.98 Å². The van der Waals surface area contributed by atoms with Crippen molar-refractivity contribution in [2.75, 3.05) is 4.90 Å². The normalized spacial score (nSPS) is 13.4. The Balaban J connectivity index is 1.87. The van der Waals surface area contributed by atoms with Crippen LogP contribution >= 0.6 is 0 Å². The van der Waals surface area contributed by atoms with Gasteiger partial charge in [0.15, 0.2) is 28.8 Å². The quantitative estimate of drug-likeness (QED) is 0.398. The van der Waals surface area contributed by atoms with Crippen LogP contribution in [0, 0.1) is 6.92 Å². The van der Waals surface area contributed by atoms with E-state index in [1.807, 2.05) is 42.5 Å². The molecule has 106 valence electrons. The monoisotopic (exact) mass is 288 g/mol. The molecule has 4 heteroatoms. The van der Waals surface area contributed by atoms with E-state index in [4.69, 9.17) is 9.47 Å². The maximum absolute atomic E-state index is 6.04. The largest absolute Gasteiger partial charge is 0.453 e. The summed E-state index contributed by atoms with van der Waals surface area (Å²) in [5.41, 5.74) is 3.07. The van der Waals surface area contributed by atoms with Gasteiger partial charge < -0.3 is 9.47 Å². The van der Waals surface area contributed by atoms with E-state index in [2.05, 4.69) is 22.9 Å². The molecular formula is C18H12N2O2. The molecule has 2 aliphatic rings. The first-order chi connectivity index (χ1) is 10.8. The average Bonchev–Trinajstić information content (AvgIpc) is 2.55. The van der Waals surface area contributed by atoms with Gasteiger partial charge in [-0.2, -0.15) is 0 Å². The molecule has 5 rings (SSSR count). The molecule has 0 radical (unpaired) electrons. The van der Waals surface area contributed by atoms with Crippen LogP contribution in [0.5, 0.6) is 23.0 Å². The molecule has 0 N–H and O–H groups in total. The second kappa shape index (κ2) is 4.01. The van der Waals surface area contributed by atoms with E-state index < -0.39 is 0 Å². The van der Waals surface area contributed by atoms with Crippen LogP contribution in [-0.4, -0.2) is 4.98 Å². The Labute approximate surface area is 127 Å². The molecule has 0 saturated carbocycles. The summed E-state index contributed by atoms with van der Waals surface area (Å²) in [6, 6.07) is 15.8. The van der Waals surface area contributed by atoms with E-state index in [0.29, 0.717) is 0 Å². The lowest BCUT2D eigenvalue weighted by molar-refractivity contribution is 0.444. The second-order valence-electron chi connectivity index (χ2n) is 5.44. The molecular weight excluding hydrogens is 276 g/mol. The summed E-state index contributed by atoms with van der Waals surface area (Å²) in [4.78, 5) is 6.64. The van der Waals surface area contributed by atoms with Crippen LogP contribution in [0.1, 0.15) is 5.56 Å². The lowest BCUT2D eigenvalue weighted by Crippen LogP contribution is -2.21. The number of hydrogen-bond donors (Lipinski definition) is 0. The van der Waals surface area contributed by atoms with Crippen LogP contribution in [0.3, 0.4) is 0 Å². The number of nitrogens with zero attached hydrogens (tertiary/aromatic N) is 2. The van der Waals surface area contributed by atoms with Crippen molar-refractivity contribution in [3.05, 3.63) is 60.3 Å². The Morgan fingerprint density at radius 2 is 1.64 bits per heavy atom. The molecule has 0 amide bonds. The third-order valence-corrected chi connectivity index (χ3v) is 3.94. The number of benzene rings is 2. The van der Waals surface area contributed by atoms with Crippen LogP contribution in [-0.2, 0) is 0 Å². The number of aromatic nitrogens is 1. The Kier molecular flexibility index (Phi) is 2.12. The highest BCUT2D eigenvalue weighted by Crippen LogP contribution is 2.58. The minimum atomic E-state index is 0.751. The predicted molar refractivity (Wildman–Crippen MR) is 83.8 cm³/mol. The molecule has 0 bridgehead atoms. The van der Waals surface area contributed by atoms with Crippen LogP contribution in [0.25, 0.3) is 0 Å². The van der Waals surface area contributed by atoms with Crippen molar-refractivity contribution in [3.8, 4) is 23.0 Å². The number of ether oxygens (including phenoxy) is 2. The Morgan fingerprint density at radius 3 is 2.50 bits per heavy atom. The zero-order valence-electron chi connectivity index (χ0n) is 11.9. The van der Waals surface area contributed by atoms with Crippen molar-refractivity contribution in [2.45, 2.75) is 6.92 Å². The SMILES string of the molecule is Cc1ccc2c(c1)N1c3ncccc3Oc3cccc(c31)O2. The third kappa shape index (κ3) is 1.44. The summed E-state index contributed by atoms with van der Waals surface area (Å²) >= 11 is 0. The summed E-state index contributed by atoms with van der Waals surface area (Å²) < 4.78 is 12.0. The molecule has 22 heavy (non-hydrogen) atoms. The number of hydrogen-bond acceptors (Lipinski definition) is 4. The van der Waals surface area contributed by atoms with E-state index in [-0.39, 0.29) is 0 Å². The summed E-state index contributed by atoms with van der Waals surface area (Å²) in [6.45, 7) is 2.07. The highest BCUT2D eigenvalue weighted by molar-refractivity contribution is 5.92. The van der Waals surface area contributed by atoms with E-state index in [0.717, 1.165) is 40.2 Å². The maximum atomic E-state index is 6.04. The number of rotatable bonds is 0. The predicted octanol–water partition coefficient (Wildman–Crippen LogP) is 5.07. The van der Waals surface area contributed by atoms with Gasteiger partial charge in [0.2, 0.25) is 0 Å². The third-order valence-electron chi connectivity index (χ3n) is 3.94. The number of fused-ring (bicyclic) bond motifs is 4. The van der Waals surface area contributed by atoms with Crippen LogP contribution in [0.4, 0.5) is 17.2 Å². The summed E-state index contributed by atoms with van der Waals surface area (Å²) in [7, 11) is 0. The van der Waals surface area contributed by atoms with Crippen molar-refractivity contribution >= 4 is 17.2 Å². The van der Waals surface area contributed by atoms with E-state index in [9.17, 15) is 0 Å². The molecule has 1 aromatic heterocycles. The van der Waals surface area contributed by atoms with E-state index in [1.54, 1.807) is 6.20 Å². The van der Waals surface area contributed by atoms with Crippen LogP contribution < -0.4 is 14.4 Å². The Hall–Kier alpha value is -3.01. The van der Waals surface area contributed by atoms with Gasteiger partial charge in [-0.15, -0.1) is 0 Å². The van der Waals surface area contributed by atoms with Crippen LogP contribution in [0.15, 0.2) is 54.7 Å². The Morgan fingerprint density at radius 1 is 0.864 bits per heavy atom. The van der Waals surface area contributed by atoms with Gasteiger partial charge >= 0.3 is 0 Å². The first-order valence-corrected chi connectivity index (χ1v) is 7.16. The lowest BCUT2D eigenvalue weighted by atomic mass is 10.1. The maximum Gasteiger partial charge on any atom is 0.181 e. The summed E-state index contributed by atoms with van der Waals surface area (Å²) in [5.74, 6) is 3.93. The van der Waals surface area contributed by atoms with Crippen molar-refractivity contribution in [3.63, 3.8) is 0 Å². The fourth-order valence-corrected chi connectivity index (χ4v) is 2.98. The fraction of sp³-hybridized carbons (Fsp3) is 0.0556. The molecule has 0 unspecified atom stereocenters. The number of pyridine rings is 1. The molecule has 0 atom stereocenters. The van der Waals surface area contributed by atoms with Crippen molar-refractivity contribution < 1.29 is 9.47 Å². The lowest BCUT2D eigenvalue weighted by Gasteiger charge is -2.36. The zero-order chi connectivity index (χ0) is 14.7. The average molecular weight is 288 g/mol. The highest BCUT2D eigenvalue weighted by Gasteiger charge is 2.35. The highest BCUT2D eigenvalue weighted by atomic mass is 16.5. The molecule has 2 aliphatic heterocycles. The van der Waals surface area contributed by atoms with Crippen LogP contribution in [0.2, 0.25) is 0 Å². The molecule has 2 aromatic carbocycles. The van der Waals surface area contributed by atoms with E-state index >= 15 is 0 Å². The molecule has 3 heterocycles. The van der Waals surface area contributed by atoms with Gasteiger partial charge in [0, 0.05) is 6.20 Å². The molecule has 0 spiro atoms. The number of para-hydroxylation sites is 1. The topological polar surface area (TPSA) is 34.6 Å². The van der Waals surface area contributed by atoms with Crippen molar-refractivity contribution in [1.29, 1.82) is 0 Å². The second-order valence-corrected chi connectivity index (χ2v) is 5.44. The molecule has 3 aromatic rings.